The number of nitrogens with one attached hydrogen (secondary N) is 1. The molecule has 10 heteroatoms. The van der Waals surface area contributed by atoms with E-state index in [0.29, 0.717) is 48.9 Å². The van der Waals surface area contributed by atoms with Crippen LogP contribution in [0.2, 0.25) is 0 Å². The van der Waals surface area contributed by atoms with E-state index in [1.807, 2.05) is 6.07 Å². The molecule has 0 radical (unpaired) electrons. The Labute approximate surface area is 248 Å². The van der Waals surface area contributed by atoms with E-state index in [9.17, 15) is 18.8 Å². The number of para-hydroxylation sites is 1. The quantitative estimate of drug-likeness (QED) is 0.277. The van der Waals surface area contributed by atoms with Crippen LogP contribution in [-0.2, 0) is 9.53 Å². The third kappa shape index (κ3) is 5.35. The topological polar surface area (TPSA) is 103 Å². The summed E-state index contributed by atoms with van der Waals surface area (Å²) in [5.74, 6) is -0.536. The van der Waals surface area contributed by atoms with Crippen LogP contribution in [0, 0.1) is 5.82 Å². The maximum atomic E-state index is 13.9. The SMILES string of the molecule is COC(=O)c1ccccc1-c1ccc(/C=c2/sc3n(c2=O)[C@@H](c2ccc(F)cc2)C(C(=O)Nc2ccccc2)=C(C)N=3)o1. The molecule has 3 heterocycles. The first-order chi connectivity index (χ1) is 20.8. The molecular formula is C33H24FN3O5S. The normalized spacial score (nSPS) is 14.7. The molecular weight excluding hydrogens is 569 g/mol. The molecule has 214 valence electrons. The fourth-order valence-electron chi connectivity index (χ4n) is 4.98. The fourth-order valence-corrected chi connectivity index (χ4v) is 6.01. The molecule has 0 saturated heterocycles. The summed E-state index contributed by atoms with van der Waals surface area (Å²) >= 11 is 1.15. The minimum Gasteiger partial charge on any atom is -0.465 e. The van der Waals surface area contributed by atoms with E-state index in [0.717, 1.165) is 11.3 Å². The molecule has 0 aliphatic carbocycles. The smallest absolute Gasteiger partial charge is 0.338 e. The minimum atomic E-state index is -0.846. The predicted octanol–water partition coefficient (Wildman–Crippen LogP) is 5.06. The molecule has 3 aromatic carbocycles. The van der Waals surface area contributed by atoms with Gasteiger partial charge < -0.3 is 14.5 Å². The Morgan fingerprint density at radius 1 is 1.00 bits per heavy atom. The van der Waals surface area contributed by atoms with Gasteiger partial charge in [0, 0.05) is 17.3 Å². The van der Waals surface area contributed by atoms with E-state index >= 15 is 0 Å². The average molecular weight is 594 g/mol. The average Bonchev–Trinajstić information content (AvgIpc) is 3.61. The van der Waals surface area contributed by atoms with Crippen molar-refractivity contribution in [2.24, 2.45) is 4.99 Å². The molecule has 1 amide bonds. The van der Waals surface area contributed by atoms with Crippen molar-refractivity contribution in [3.63, 3.8) is 0 Å². The zero-order valence-electron chi connectivity index (χ0n) is 23.0. The Kier molecular flexibility index (Phi) is 7.43. The Hall–Kier alpha value is -5.35. The molecule has 0 unspecified atom stereocenters. The number of nitrogens with zero attached hydrogens (tertiary/aromatic N) is 2. The summed E-state index contributed by atoms with van der Waals surface area (Å²) in [6.07, 6.45) is 1.60. The largest absolute Gasteiger partial charge is 0.465 e. The number of ether oxygens (including phenoxy) is 1. The number of rotatable bonds is 6. The van der Waals surface area contributed by atoms with Crippen molar-refractivity contribution in [3.8, 4) is 11.3 Å². The molecule has 0 spiro atoms. The molecule has 1 atom stereocenters. The van der Waals surface area contributed by atoms with Crippen molar-refractivity contribution in [2.45, 2.75) is 13.0 Å². The lowest BCUT2D eigenvalue weighted by molar-refractivity contribution is -0.113. The molecule has 0 bridgehead atoms. The molecule has 1 aliphatic heterocycles. The zero-order chi connectivity index (χ0) is 30.1. The van der Waals surface area contributed by atoms with E-state index in [-0.39, 0.29) is 11.1 Å². The zero-order valence-corrected chi connectivity index (χ0v) is 23.9. The number of carbonyl (C=O) groups excluding carboxylic acids is 2. The third-order valence-electron chi connectivity index (χ3n) is 6.98. The number of hydrogen-bond donors (Lipinski definition) is 1. The summed E-state index contributed by atoms with van der Waals surface area (Å²) in [6.45, 7) is 1.71. The van der Waals surface area contributed by atoms with Crippen LogP contribution >= 0.6 is 11.3 Å². The number of carbonyl (C=O) groups is 2. The summed E-state index contributed by atoms with van der Waals surface area (Å²) in [7, 11) is 1.31. The number of esters is 1. The van der Waals surface area contributed by atoms with E-state index < -0.39 is 23.7 Å². The highest BCUT2D eigenvalue weighted by Gasteiger charge is 2.32. The van der Waals surface area contributed by atoms with Gasteiger partial charge in [-0.3, -0.25) is 14.2 Å². The van der Waals surface area contributed by atoms with Gasteiger partial charge in [-0.05, 0) is 55.0 Å². The second-order valence-corrected chi connectivity index (χ2v) is 10.7. The van der Waals surface area contributed by atoms with Crippen molar-refractivity contribution in [1.29, 1.82) is 0 Å². The summed E-state index contributed by atoms with van der Waals surface area (Å²) < 4.78 is 26.6. The van der Waals surface area contributed by atoms with Gasteiger partial charge in [0.2, 0.25) is 0 Å². The Balaban J connectivity index is 1.44. The molecule has 8 nitrogen and oxygen atoms in total. The summed E-state index contributed by atoms with van der Waals surface area (Å²) in [5.41, 5.74) is 2.37. The number of allylic oxidation sites excluding steroid dienone is 1. The van der Waals surface area contributed by atoms with Crippen LogP contribution in [0.4, 0.5) is 10.1 Å². The van der Waals surface area contributed by atoms with Gasteiger partial charge in [0.15, 0.2) is 4.80 Å². The van der Waals surface area contributed by atoms with Gasteiger partial charge >= 0.3 is 5.97 Å². The Morgan fingerprint density at radius 3 is 2.47 bits per heavy atom. The molecule has 0 fully saturated rings. The number of aromatic nitrogens is 1. The first-order valence-electron chi connectivity index (χ1n) is 13.3. The van der Waals surface area contributed by atoms with Crippen molar-refractivity contribution in [3.05, 3.63) is 145 Å². The monoisotopic (exact) mass is 593 g/mol. The molecule has 43 heavy (non-hydrogen) atoms. The van der Waals surface area contributed by atoms with Crippen molar-refractivity contribution in [1.82, 2.24) is 4.57 Å². The number of benzene rings is 3. The number of methoxy groups -OCH3 is 1. The number of halogens is 1. The van der Waals surface area contributed by atoms with Crippen molar-refractivity contribution >= 4 is 35.0 Å². The van der Waals surface area contributed by atoms with Crippen molar-refractivity contribution < 1.29 is 23.1 Å². The fraction of sp³-hybridized carbons (Fsp3) is 0.0909. The summed E-state index contributed by atoms with van der Waals surface area (Å²) in [4.78, 5) is 44.8. The highest BCUT2D eigenvalue weighted by molar-refractivity contribution is 7.07. The second kappa shape index (κ2) is 11.5. The maximum absolute atomic E-state index is 13.9. The van der Waals surface area contributed by atoms with Crippen LogP contribution in [0.1, 0.15) is 34.6 Å². The standard InChI is InChI=1S/C33H24FN3O5S/c1-19-28(30(38)36-22-8-4-3-5-9-22)29(20-12-14-21(34)15-13-20)37-31(39)27(43-33(37)35-19)18-23-16-17-26(42-23)24-10-6-7-11-25(24)32(40)41-2/h3-18,29H,1-2H3,(H,36,38)/b27-18+/t29-/m0/s1. The van der Waals surface area contributed by atoms with Crippen LogP contribution in [0.15, 0.2) is 116 Å². The highest BCUT2D eigenvalue weighted by Crippen LogP contribution is 2.31. The Morgan fingerprint density at radius 2 is 1.72 bits per heavy atom. The van der Waals surface area contributed by atoms with Gasteiger partial charge in [-0.2, -0.15) is 0 Å². The minimum absolute atomic E-state index is 0.272. The van der Waals surface area contributed by atoms with Crippen molar-refractivity contribution in [2.75, 3.05) is 12.4 Å². The van der Waals surface area contributed by atoms with Gasteiger partial charge in [-0.1, -0.05) is 59.9 Å². The van der Waals surface area contributed by atoms with E-state index in [1.54, 1.807) is 85.8 Å². The highest BCUT2D eigenvalue weighted by atomic mass is 32.1. The summed E-state index contributed by atoms with van der Waals surface area (Å²) in [6, 6.07) is 24.1. The molecule has 2 aromatic heterocycles. The van der Waals surface area contributed by atoms with E-state index in [1.165, 1.54) is 23.8 Å². The molecule has 1 N–H and O–H groups in total. The Bertz CT molecular complexity index is 2070. The maximum Gasteiger partial charge on any atom is 0.338 e. The first kappa shape index (κ1) is 27.8. The van der Waals surface area contributed by atoms with Crippen LogP contribution in [0.3, 0.4) is 0 Å². The molecule has 1 aliphatic rings. The lowest BCUT2D eigenvalue weighted by Gasteiger charge is -2.25. The summed E-state index contributed by atoms with van der Waals surface area (Å²) in [5, 5.41) is 2.89. The molecule has 5 aromatic rings. The van der Waals surface area contributed by atoms with Crippen LogP contribution in [-0.4, -0.2) is 23.6 Å². The number of hydrogen-bond acceptors (Lipinski definition) is 7. The molecule has 6 rings (SSSR count). The lowest BCUT2D eigenvalue weighted by atomic mass is 9.95. The third-order valence-corrected chi connectivity index (χ3v) is 7.96. The number of fused-ring (bicyclic) bond motifs is 1. The van der Waals surface area contributed by atoms with Gasteiger partial charge in [0.05, 0.1) is 34.5 Å². The molecule has 0 saturated carbocycles. The van der Waals surface area contributed by atoms with Crippen LogP contribution < -0.4 is 20.2 Å². The predicted molar refractivity (Wildman–Crippen MR) is 161 cm³/mol. The van der Waals surface area contributed by atoms with E-state index in [4.69, 9.17) is 9.15 Å². The van der Waals surface area contributed by atoms with Gasteiger partial charge in [0.1, 0.15) is 17.3 Å². The number of amides is 1. The van der Waals surface area contributed by atoms with Gasteiger partial charge in [-0.25, -0.2) is 14.2 Å². The van der Waals surface area contributed by atoms with Crippen LogP contribution in [0.25, 0.3) is 17.4 Å². The van der Waals surface area contributed by atoms with Crippen LogP contribution in [0.5, 0.6) is 0 Å². The van der Waals surface area contributed by atoms with Gasteiger partial charge in [0.25, 0.3) is 11.5 Å². The first-order valence-corrected chi connectivity index (χ1v) is 14.1. The lowest BCUT2D eigenvalue weighted by Crippen LogP contribution is -2.40. The van der Waals surface area contributed by atoms with E-state index in [2.05, 4.69) is 10.3 Å². The second-order valence-electron chi connectivity index (χ2n) is 9.69. The van der Waals surface area contributed by atoms with Gasteiger partial charge in [-0.15, -0.1) is 0 Å². The number of anilines is 1. The number of furan rings is 1. The number of thiazole rings is 1.